The van der Waals surface area contributed by atoms with Crippen LogP contribution in [-0.2, 0) is 36.9 Å². The van der Waals surface area contributed by atoms with Gasteiger partial charge in [0.05, 0.1) is 25.9 Å². The minimum atomic E-state index is -0.456. The number of hydrogen-bond acceptors (Lipinski definition) is 5. The van der Waals surface area contributed by atoms with Crippen molar-refractivity contribution in [3.63, 3.8) is 0 Å². The van der Waals surface area contributed by atoms with Gasteiger partial charge in [-0.05, 0) is 18.1 Å². The van der Waals surface area contributed by atoms with Crippen LogP contribution in [0.4, 0.5) is 0 Å². The van der Waals surface area contributed by atoms with Crippen LogP contribution in [0.15, 0.2) is 91.0 Å². The normalized spacial score (nSPS) is 29.4. The molecule has 172 valence electrons. The third kappa shape index (κ3) is 5.35. The van der Waals surface area contributed by atoms with Crippen LogP contribution in [0, 0.1) is 0 Å². The average molecular weight is 447 g/mol. The van der Waals surface area contributed by atoms with E-state index >= 15 is 0 Å². The van der Waals surface area contributed by atoms with E-state index in [9.17, 15) is 0 Å². The first-order valence-corrected chi connectivity index (χ1v) is 11.6. The molecule has 33 heavy (non-hydrogen) atoms. The van der Waals surface area contributed by atoms with Crippen molar-refractivity contribution in [2.24, 2.45) is 0 Å². The maximum absolute atomic E-state index is 6.51. The standard InChI is InChI=1S/C28H30O5/c1-20-25(29-17-21-11-5-2-6-12-21)27(30-18-22-13-7-3-8-14-22)26-24(32-20)19-31-28(33-26)23-15-9-4-10-16-23/h2-16,20,24-28H,17-19H2,1H3/t20-,24+,25-,26+,27+,28?/m0/s1. The van der Waals surface area contributed by atoms with E-state index < -0.39 is 6.29 Å². The van der Waals surface area contributed by atoms with Gasteiger partial charge >= 0.3 is 0 Å². The van der Waals surface area contributed by atoms with Crippen LogP contribution in [0.1, 0.15) is 29.9 Å². The molecular weight excluding hydrogens is 416 g/mol. The fourth-order valence-corrected chi connectivity index (χ4v) is 4.50. The fourth-order valence-electron chi connectivity index (χ4n) is 4.50. The van der Waals surface area contributed by atoms with Crippen molar-refractivity contribution < 1.29 is 23.7 Å². The maximum atomic E-state index is 6.51. The zero-order valence-electron chi connectivity index (χ0n) is 18.8. The Balaban J connectivity index is 1.36. The molecule has 1 unspecified atom stereocenters. The molecule has 0 radical (unpaired) electrons. The summed E-state index contributed by atoms with van der Waals surface area (Å²) in [6, 6.07) is 30.3. The molecule has 0 spiro atoms. The molecule has 0 bridgehead atoms. The minimum absolute atomic E-state index is 0.156. The van der Waals surface area contributed by atoms with Crippen LogP contribution in [0.3, 0.4) is 0 Å². The molecule has 2 heterocycles. The van der Waals surface area contributed by atoms with E-state index in [1.54, 1.807) is 0 Å². The molecule has 3 aromatic rings. The summed E-state index contributed by atoms with van der Waals surface area (Å²) in [5, 5.41) is 0. The first-order chi connectivity index (χ1) is 16.3. The average Bonchev–Trinajstić information content (AvgIpc) is 2.88. The minimum Gasteiger partial charge on any atom is -0.368 e. The first kappa shape index (κ1) is 22.3. The van der Waals surface area contributed by atoms with Crippen molar-refractivity contribution in [1.29, 1.82) is 0 Å². The third-order valence-electron chi connectivity index (χ3n) is 6.20. The highest BCUT2D eigenvalue weighted by Crippen LogP contribution is 2.36. The van der Waals surface area contributed by atoms with Gasteiger partial charge in [0.1, 0.15) is 24.4 Å². The molecule has 5 heteroatoms. The summed E-state index contributed by atoms with van der Waals surface area (Å²) < 4.78 is 31.7. The van der Waals surface area contributed by atoms with Gasteiger partial charge in [-0.25, -0.2) is 0 Å². The largest absolute Gasteiger partial charge is 0.368 e. The highest BCUT2D eigenvalue weighted by molar-refractivity contribution is 5.17. The Morgan fingerprint density at radius 1 is 0.697 bits per heavy atom. The number of fused-ring (bicyclic) bond motifs is 1. The highest BCUT2D eigenvalue weighted by atomic mass is 16.7. The van der Waals surface area contributed by atoms with Gasteiger partial charge in [0.25, 0.3) is 0 Å². The van der Waals surface area contributed by atoms with Crippen LogP contribution in [0.25, 0.3) is 0 Å². The van der Waals surface area contributed by atoms with Crippen molar-refractivity contribution in [1.82, 2.24) is 0 Å². The van der Waals surface area contributed by atoms with Gasteiger partial charge in [0, 0.05) is 5.56 Å². The highest BCUT2D eigenvalue weighted by Gasteiger charge is 2.49. The summed E-state index contributed by atoms with van der Waals surface area (Å²) in [6.07, 6.45) is -1.69. The summed E-state index contributed by atoms with van der Waals surface area (Å²) >= 11 is 0. The predicted octanol–water partition coefficient (Wildman–Crippen LogP) is 5.06. The number of rotatable bonds is 7. The van der Waals surface area contributed by atoms with E-state index in [4.69, 9.17) is 23.7 Å². The molecule has 2 saturated heterocycles. The van der Waals surface area contributed by atoms with Gasteiger partial charge in [-0.1, -0.05) is 91.0 Å². The van der Waals surface area contributed by atoms with Crippen molar-refractivity contribution in [3.05, 3.63) is 108 Å². The van der Waals surface area contributed by atoms with Crippen molar-refractivity contribution in [3.8, 4) is 0 Å². The molecule has 2 aliphatic rings. The number of ether oxygens (including phenoxy) is 5. The fraction of sp³-hybridized carbons (Fsp3) is 0.357. The Labute approximate surface area is 195 Å². The maximum Gasteiger partial charge on any atom is 0.184 e. The SMILES string of the molecule is C[C@@H]1O[C@@H]2COC(c3ccccc3)O[C@H]2[C@H](OCc2ccccc2)[C@H]1OCc1ccccc1. The van der Waals surface area contributed by atoms with Crippen molar-refractivity contribution in [2.45, 2.75) is 56.9 Å². The summed E-state index contributed by atoms with van der Waals surface area (Å²) in [5.74, 6) is 0. The summed E-state index contributed by atoms with van der Waals surface area (Å²) in [6.45, 7) is 3.45. The number of hydrogen-bond donors (Lipinski definition) is 0. The zero-order valence-corrected chi connectivity index (χ0v) is 18.8. The molecule has 0 aliphatic carbocycles. The van der Waals surface area contributed by atoms with E-state index in [0.29, 0.717) is 19.8 Å². The van der Waals surface area contributed by atoms with Crippen LogP contribution >= 0.6 is 0 Å². The molecule has 0 aromatic heterocycles. The Morgan fingerprint density at radius 2 is 1.24 bits per heavy atom. The molecule has 5 nitrogen and oxygen atoms in total. The first-order valence-electron chi connectivity index (χ1n) is 11.6. The van der Waals surface area contributed by atoms with E-state index in [0.717, 1.165) is 16.7 Å². The Kier molecular flexibility index (Phi) is 7.15. The van der Waals surface area contributed by atoms with Gasteiger partial charge in [0.2, 0.25) is 0 Å². The zero-order chi connectivity index (χ0) is 22.5. The van der Waals surface area contributed by atoms with E-state index in [2.05, 4.69) is 24.3 Å². The van der Waals surface area contributed by atoms with Crippen molar-refractivity contribution in [2.75, 3.05) is 6.61 Å². The Bertz CT molecular complexity index is 981. The topological polar surface area (TPSA) is 46.2 Å². The van der Waals surface area contributed by atoms with Crippen LogP contribution in [0.5, 0.6) is 0 Å². The number of benzene rings is 3. The second-order valence-corrected chi connectivity index (χ2v) is 8.58. The smallest absolute Gasteiger partial charge is 0.184 e. The monoisotopic (exact) mass is 446 g/mol. The van der Waals surface area contributed by atoms with Gasteiger partial charge in [-0.2, -0.15) is 0 Å². The van der Waals surface area contributed by atoms with Gasteiger partial charge in [-0.3, -0.25) is 0 Å². The Morgan fingerprint density at radius 3 is 1.85 bits per heavy atom. The second kappa shape index (κ2) is 10.6. The molecule has 0 saturated carbocycles. The molecular formula is C28H30O5. The van der Waals surface area contributed by atoms with Gasteiger partial charge in [0.15, 0.2) is 6.29 Å². The lowest BCUT2D eigenvalue weighted by Gasteiger charge is -2.48. The predicted molar refractivity (Wildman–Crippen MR) is 124 cm³/mol. The van der Waals surface area contributed by atoms with Crippen LogP contribution < -0.4 is 0 Å². The van der Waals surface area contributed by atoms with Gasteiger partial charge in [-0.15, -0.1) is 0 Å². The van der Waals surface area contributed by atoms with Crippen molar-refractivity contribution >= 4 is 0 Å². The molecule has 2 aliphatic heterocycles. The summed E-state index contributed by atoms with van der Waals surface area (Å²) in [4.78, 5) is 0. The Hall–Kier alpha value is -2.54. The van der Waals surface area contributed by atoms with E-state index in [1.165, 1.54) is 0 Å². The third-order valence-corrected chi connectivity index (χ3v) is 6.20. The molecule has 6 atom stereocenters. The van der Waals surface area contributed by atoms with Gasteiger partial charge < -0.3 is 23.7 Å². The summed E-state index contributed by atoms with van der Waals surface area (Å²) in [7, 11) is 0. The molecule has 2 fully saturated rings. The molecule has 5 rings (SSSR count). The van der Waals surface area contributed by atoms with E-state index in [-0.39, 0.29) is 30.5 Å². The molecule has 0 amide bonds. The van der Waals surface area contributed by atoms with Crippen LogP contribution in [-0.4, -0.2) is 37.1 Å². The lowest BCUT2D eigenvalue weighted by Crippen LogP contribution is -2.62. The van der Waals surface area contributed by atoms with Crippen LogP contribution in [0.2, 0.25) is 0 Å². The second-order valence-electron chi connectivity index (χ2n) is 8.58. The van der Waals surface area contributed by atoms with E-state index in [1.807, 2.05) is 73.7 Å². The lowest BCUT2D eigenvalue weighted by molar-refractivity contribution is -0.337. The molecule has 3 aromatic carbocycles. The summed E-state index contributed by atoms with van der Waals surface area (Å²) in [5.41, 5.74) is 3.21. The lowest BCUT2D eigenvalue weighted by atomic mass is 9.94. The quantitative estimate of drug-likeness (QED) is 0.508. The molecule has 0 N–H and O–H groups in total.